The summed E-state index contributed by atoms with van der Waals surface area (Å²) >= 11 is 0. The maximum Gasteiger partial charge on any atom is 0.457 e. The number of azide groups is 1. The third-order valence-corrected chi connectivity index (χ3v) is 6.14. The third kappa shape index (κ3) is 3.61. The van der Waals surface area contributed by atoms with E-state index in [0.717, 1.165) is 19.2 Å². The van der Waals surface area contributed by atoms with Crippen LogP contribution >= 0.6 is 0 Å². The van der Waals surface area contributed by atoms with Gasteiger partial charge in [0.1, 0.15) is 0 Å². The van der Waals surface area contributed by atoms with E-state index in [1.807, 2.05) is 0 Å². The monoisotopic (exact) mass is 307 g/mol. The van der Waals surface area contributed by atoms with E-state index in [-0.39, 0.29) is 23.7 Å². The Kier molecular flexibility index (Phi) is 5.15. The predicted molar refractivity (Wildman–Crippen MR) is 89.6 cm³/mol. The van der Waals surface area contributed by atoms with Crippen LogP contribution in [0.3, 0.4) is 0 Å². The van der Waals surface area contributed by atoms with Crippen molar-refractivity contribution in [1.82, 2.24) is 0 Å². The Bertz CT molecular complexity index is 433. The molecule has 0 aromatic rings. The Labute approximate surface area is 134 Å². The molecule has 0 amide bonds. The summed E-state index contributed by atoms with van der Waals surface area (Å²) in [5.74, 6) is 0.702. The lowest BCUT2D eigenvalue weighted by atomic mass is 9.77. The highest BCUT2D eigenvalue weighted by Gasteiger charge is 2.51. The number of nitrogens with zero attached hydrogens (tertiary/aromatic N) is 3. The lowest BCUT2D eigenvalue weighted by molar-refractivity contribution is 0.00578. The van der Waals surface area contributed by atoms with Gasteiger partial charge in [-0.3, -0.25) is 0 Å². The Morgan fingerprint density at radius 3 is 2.41 bits per heavy atom. The van der Waals surface area contributed by atoms with Crippen LogP contribution in [0, 0.1) is 11.3 Å². The molecule has 0 spiro atoms. The molecule has 1 saturated carbocycles. The molecule has 2 unspecified atom stereocenters. The van der Waals surface area contributed by atoms with Crippen LogP contribution in [0.15, 0.2) is 5.11 Å². The van der Waals surface area contributed by atoms with Gasteiger partial charge in [-0.25, -0.2) is 0 Å². The first-order valence-electron chi connectivity index (χ1n) is 8.60. The van der Waals surface area contributed by atoms with Gasteiger partial charge in [0.15, 0.2) is 0 Å². The zero-order valence-corrected chi connectivity index (χ0v) is 14.8. The van der Waals surface area contributed by atoms with Crippen molar-refractivity contribution in [2.75, 3.05) is 6.54 Å². The van der Waals surface area contributed by atoms with Gasteiger partial charge in [-0.15, -0.1) is 0 Å². The van der Waals surface area contributed by atoms with Gasteiger partial charge < -0.3 is 9.31 Å². The molecule has 124 valence electrons. The van der Waals surface area contributed by atoms with Crippen molar-refractivity contribution in [2.24, 2.45) is 16.4 Å². The number of hydrogen-bond acceptors (Lipinski definition) is 3. The predicted octanol–water partition coefficient (Wildman–Crippen LogP) is 4.98. The van der Waals surface area contributed by atoms with Gasteiger partial charge in [-0.2, -0.15) is 0 Å². The van der Waals surface area contributed by atoms with Crippen LogP contribution in [-0.2, 0) is 9.31 Å². The zero-order chi connectivity index (χ0) is 16.4. The first kappa shape index (κ1) is 17.6. The average molecular weight is 307 g/mol. The summed E-state index contributed by atoms with van der Waals surface area (Å²) in [6.45, 7) is 11.3. The summed E-state index contributed by atoms with van der Waals surface area (Å²) in [5, 5.41) is 3.84. The minimum Gasteiger partial charge on any atom is -0.403 e. The van der Waals surface area contributed by atoms with E-state index in [1.54, 1.807) is 0 Å². The van der Waals surface area contributed by atoms with Crippen LogP contribution in [0.5, 0.6) is 0 Å². The zero-order valence-electron chi connectivity index (χ0n) is 14.8. The maximum atomic E-state index is 8.57. The van der Waals surface area contributed by atoms with Crippen molar-refractivity contribution in [3.05, 3.63) is 10.4 Å². The summed E-state index contributed by atoms with van der Waals surface area (Å²) in [4.78, 5) is 2.94. The molecule has 2 fully saturated rings. The van der Waals surface area contributed by atoms with Gasteiger partial charge in [0.2, 0.25) is 0 Å². The highest BCUT2D eigenvalue weighted by molar-refractivity contribution is 6.45. The van der Waals surface area contributed by atoms with Crippen LogP contribution < -0.4 is 0 Å². The molecule has 0 radical (unpaired) electrons. The molecule has 0 aromatic heterocycles. The summed E-state index contributed by atoms with van der Waals surface area (Å²) in [6, 6.07) is 0. The van der Waals surface area contributed by atoms with Crippen molar-refractivity contribution in [1.29, 1.82) is 0 Å². The highest BCUT2D eigenvalue weighted by Crippen LogP contribution is 2.47. The first-order chi connectivity index (χ1) is 10.2. The molecule has 2 aliphatic rings. The Balaban J connectivity index is 1.83. The van der Waals surface area contributed by atoms with E-state index in [9.17, 15) is 0 Å². The SMILES string of the molecule is CCC1(CN=[N+]=[N-])CCC(CCB2OC(C)(C)C(C)(C)O2)C1. The normalized spacial score (nSPS) is 33.0. The van der Waals surface area contributed by atoms with Crippen LogP contribution in [-0.4, -0.2) is 24.9 Å². The fraction of sp³-hybridized carbons (Fsp3) is 1.00. The average Bonchev–Trinajstić information content (AvgIpc) is 2.94. The summed E-state index contributed by atoms with van der Waals surface area (Å²) in [6.07, 6.45) is 6.76. The Hall–Kier alpha value is -0.705. The molecule has 22 heavy (non-hydrogen) atoms. The molecule has 1 aliphatic carbocycles. The van der Waals surface area contributed by atoms with Crippen LogP contribution in [0.4, 0.5) is 0 Å². The van der Waals surface area contributed by atoms with Gasteiger partial charge in [0, 0.05) is 11.5 Å². The van der Waals surface area contributed by atoms with Crippen LogP contribution in [0.25, 0.3) is 10.4 Å². The fourth-order valence-electron chi connectivity index (χ4n) is 3.79. The topological polar surface area (TPSA) is 67.2 Å². The molecule has 2 rings (SSSR count). The Morgan fingerprint density at radius 2 is 1.86 bits per heavy atom. The third-order valence-electron chi connectivity index (χ3n) is 6.14. The van der Waals surface area contributed by atoms with Gasteiger partial charge in [-0.1, -0.05) is 24.9 Å². The molecule has 0 N–H and O–H groups in total. The minimum atomic E-state index is -0.234. The van der Waals surface area contributed by atoms with Crippen LogP contribution in [0.2, 0.25) is 6.32 Å². The van der Waals surface area contributed by atoms with Gasteiger partial charge >= 0.3 is 7.12 Å². The second kappa shape index (κ2) is 6.42. The molecular formula is C16H30BN3O2. The van der Waals surface area contributed by atoms with E-state index in [1.165, 1.54) is 19.3 Å². The highest BCUT2D eigenvalue weighted by atomic mass is 16.7. The van der Waals surface area contributed by atoms with Crippen molar-refractivity contribution in [3.63, 3.8) is 0 Å². The molecule has 2 atom stereocenters. The quantitative estimate of drug-likeness (QED) is 0.301. The number of rotatable bonds is 6. The molecule has 0 aromatic carbocycles. The largest absolute Gasteiger partial charge is 0.457 e. The fourth-order valence-corrected chi connectivity index (χ4v) is 3.79. The molecule has 6 heteroatoms. The molecule has 1 heterocycles. The second-order valence-electron chi connectivity index (χ2n) is 8.11. The first-order valence-corrected chi connectivity index (χ1v) is 8.60. The summed E-state index contributed by atoms with van der Waals surface area (Å²) in [5.41, 5.74) is 8.33. The standard InChI is InChI=1S/C16H30BN3O2/c1-6-16(12-19-20-18)9-7-13(11-16)8-10-17-21-14(2,3)15(4,5)22-17/h13H,6-12H2,1-5H3. The van der Waals surface area contributed by atoms with E-state index in [2.05, 4.69) is 44.6 Å². The number of hydrogen-bond donors (Lipinski definition) is 0. The second-order valence-corrected chi connectivity index (χ2v) is 8.11. The molecule has 5 nitrogen and oxygen atoms in total. The molecule has 1 saturated heterocycles. The van der Waals surface area contributed by atoms with Crippen molar-refractivity contribution in [3.8, 4) is 0 Å². The van der Waals surface area contributed by atoms with Gasteiger partial charge in [0.25, 0.3) is 0 Å². The van der Waals surface area contributed by atoms with E-state index in [0.29, 0.717) is 12.5 Å². The van der Waals surface area contributed by atoms with Gasteiger partial charge in [0.05, 0.1) is 11.2 Å². The Morgan fingerprint density at radius 1 is 1.23 bits per heavy atom. The van der Waals surface area contributed by atoms with E-state index in [4.69, 9.17) is 14.8 Å². The van der Waals surface area contributed by atoms with Crippen molar-refractivity contribution < 1.29 is 9.31 Å². The molecule has 1 aliphatic heterocycles. The van der Waals surface area contributed by atoms with E-state index >= 15 is 0 Å². The maximum absolute atomic E-state index is 8.57. The lowest BCUT2D eigenvalue weighted by Gasteiger charge is -2.32. The summed E-state index contributed by atoms with van der Waals surface area (Å²) in [7, 11) is -0.0845. The van der Waals surface area contributed by atoms with Crippen molar-refractivity contribution >= 4 is 7.12 Å². The van der Waals surface area contributed by atoms with Crippen molar-refractivity contribution in [2.45, 2.75) is 84.2 Å². The molecular weight excluding hydrogens is 277 g/mol. The lowest BCUT2D eigenvalue weighted by Crippen LogP contribution is -2.41. The smallest absolute Gasteiger partial charge is 0.403 e. The van der Waals surface area contributed by atoms with E-state index < -0.39 is 0 Å². The van der Waals surface area contributed by atoms with Crippen LogP contribution in [0.1, 0.15) is 66.7 Å². The van der Waals surface area contributed by atoms with Gasteiger partial charge in [-0.05, 0) is 70.1 Å². The summed E-state index contributed by atoms with van der Waals surface area (Å²) < 4.78 is 12.2. The molecule has 0 bridgehead atoms. The minimum absolute atomic E-state index is 0.0845.